The summed E-state index contributed by atoms with van der Waals surface area (Å²) in [6, 6.07) is 0.765. The van der Waals surface area contributed by atoms with Crippen LogP contribution in [0.15, 0.2) is 0 Å². The Kier molecular flexibility index (Phi) is 5.81. The number of hydrogen-bond donors (Lipinski definition) is 2. The van der Waals surface area contributed by atoms with Crippen molar-refractivity contribution >= 4 is 5.91 Å². The summed E-state index contributed by atoms with van der Waals surface area (Å²) in [5.74, 6) is 0.840. The van der Waals surface area contributed by atoms with Gasteiger partial charge in [0.05, 0.1) is 6.54 Å². The van der Waals surface area contributed by atoms with E-state index in [1.807, 2.05) is 0 Å². The van der Waals surface area contributed by atoms with Crippen LogP contribution in [0, 0.1) is 5.92 Å². The molecule has 1 aliphatic rings. The van der Waals surface area contributed by atoms with Gasteiger partial charge in [0.1, 0.15) is 0 Å². The average molecular weight is 226 g/mol. The topological polar surface area (TPSA) is 41.1 Å². The lowest BCUT2D eigenvalue weighted by Gasteiger charge is -2.21. The molecule has 3 heteroatoms. The maximum atomic E-state index is 11.7. The molecule has 0 spiro atoms. The highest BCUT2D eigenvalue weighted by molar-refractivity contribution is 5.78. The van der Waals surface area contributed by atoms with E-state index in [0.717, 1.165) is 6.42 Å². The van der Waals surface area contributed by atoms with Crippen LogP contribution in [0.1, 0.15) is 52.9 Å². The van der Waals surface area contributed by atoms with Gasteiger partial charge in [0.2, 0.25) is 5.91 Å². The summed E-state index contributed by atoms with van der Waals surface area (Å²) in [6.07, 6.45) is 6.28. The molecule has 2 atom stereocenters. The summed E-state index contributed by atoms with van der Waals surface area (Å²) in [5, 5.41) is 6.32. The highest BCUT2D eigenvalue weighted by Gasteiger charge is 2.22. The number of carbonyl (C=O) groups excluding carboxylic acids is 1. The lowest BCUT2D eigenvalue weighted by atomic mass is 10.00. The molecular weight excluding hydrogens is 200 g/mol. The smallest absolute Gasteiger partial charge is 0.234 e. The molecule has 1 saturated carbocycles. The van der Waals surface area contributed by atoms with Crippen LogP contribution in [-0.2, 0) is 4.79 Å². The molecule has 1 amide bonds. The van der Waals surface area contributed by atoms with E-state index in [0.29, 0.717) is 24.5 Å². The highest BCUT2D eigenvalue weighted by Crippen LogP contribution is 2.27. The summed E-state index contributed by atoms with van der Waals surface area (Å²) < 4.78 is 0. The minimum absolute atomic E-state index is 0.139. The van der Waals surface area contributed by atoms with Crippen molar-refractivity contribution in [2.24, 2.45) is 5.92 Å². The van der Waals surface area contributed by atoms with E-state index in [1.54, 1.807) is 0 Å². The van der Waals surface area contributed by atoms with Gasteiger partial charge in [-0.3, -0.25) is 4.79 Å². The van der Waals surface area contributed by atoms with E-state index in [2.05, 4.69) is 31.4 Å². The largest absolute Gasteiger partial charge is 0.352 e. The van der Waals surface area contributed by atoms with Gasteiger partial charge in [-0.25, -0.2) is 0 Å². The van der Waals surface area contributed by atoms with Gasteiger partial charge in [0.15, 0.2) is 0 Å². The lowest BCUT2D eigenvalue weighted by molar-refractivity contribution is -0.121. The Labute approximate surface area is 99.4 Å². The zero-order valence-corrected chi connectivity index (χ0v) is 10.9. The van der Waals surface area contributed by atoms with E-state index < -0.39 is 0 Å². The van der Waals surface area contributed by atoms with Crippen LogP contribution in [0.2, 0.25) is 0 Å². The zero-order chi connectivity index (χ0) is 12.0. The first kappa shape index (κ1) is 13.5. The van der Waals surface area contributed by atoms with E-state index in [-0.39, 0.29) is 5.91 Å². The van der Waals surface area contributed by atoms with Crippen molar-refractivity contribution in [3.8, 4) is 0 Å². The molecule has 1 rings (SSSR count). The number of carbonyl (C=O) groups is 1. The monoisotopic (exact) mass is 226 g/mol. The third-order valence-corrected chi connectivity index (χ3v) is 3.72. The van der Waals surface area contributed by atoms with Crippen molar-refractivity contribution in [3.63, 3.8) is 0 Å². The van der Waals surface area contributed by atoms with E-state index in [1.165, 1.54) is 25.7 Å². The predicted octanol–water partition coefficient (Wildman–Crippen LogP) is 2.07. The molecule has 3 nitrogen and oxygen atoms in total. The van der Waals surface area contributed by atoms with Crippen molar-refractivity contribution in [2.45, 2.75) is 65.0 Å². The Hall–Kier alpha value is -0.570. The Morgan fingerprint density at radius 3 is 2.50 bits per heavy atom. The normalized spacial score (nSPS) is 20.7. The molecule has 2 N–H and O–H groups in total. The second-order valence-corrected chi connectivity index (χ2v) is 5.09. The van der Waals surface area contributed by atoms with Crippen molar-refractivity contribution in [2.75, 3.05) is 6.54 Å². The molecule has 0 bridgehead atoms. The first-order valence-electron chi connectivity index (χ1n) is 6.66. The van der Waals surface area contributed by atoms with E-state index in [9.17, 15) is 4.79 Å². The van der Waals surface area contributed by atoms with Gasteiger partial charge in [0.25, 0.3) is 0 Å². The molecule has 0 aromatic heterocycles. The van der Waals surface area contributed by atoms with Crippen molar-refractivity contribution < 1.29 is 4.79 Å². The first-order chi connectivity index (χ1) is 7.63. The van der Waals surface area contributed by atoms with E-state index in [4.69, 9.17) is 0 Å². The van der Waals surface area contributed by atoms with Crippen LogP contribution < -0.4 is 10.6 Å². The average Bonchev–Trinajstić information content (AvgIpc) is 2.79. The van der Waals surface area contributed by atoms with Crippen LogP contribution >= 0.6 is 0 Å². The zero-order valence-electron chi connectivity index (χ0n) is 10.9. The highest BCUT2D eigenvalue weighted by atomic mass is 16.1. The minimum atomic E-state index is 0.139. The van der Waals surface area contributed by atoms with E-state index >= 15 is 0 Å². The Morgan fingerprint density at radius 1 is 1.31 bits per heavy atom. The van der Waals surface area contributed by atoms with Crippen molar-refractivity contribution in [3.05, 3.63) is 0 Å². The summed E-state index contributed by atoms with van der Waals surface area (Å²) >= 11 is 0. The van der Waals surface area contributed by atoms with Crippen LogP contribution in [-0.4, -0.2) is 24.5 Å². The fourth-order valence-corrected chi connectivity index (χ4v) is 2.29. The molecule has 0 aromatic rings. The number of hydrogen-bond acceptors (Lipinski definition) is 2. The molecule has 94 valence electrons. The minimum Gasteiger partial charge on any atom is -0.352 e. The predicted molar refractivity (Wildman–Crippen MR) is 67.3 cm³/mol. The van der Waals surface area contributed by atoms with Crippen molar-refractivity contribution in [1.29, 1.82) is 0 Å². The number of nitrogens with one attached hydrogen (secondary N) is 2. The summed E-state index contributed by atoms with van der Waals surface area (Å²) in [6.45, 7) is 6.81. The maximum Gasteiger partial charge on any atom is 0.234 e. The summed E-state index contributed by atoms with van der Waals surface area (Å²) in [5.41, 5.74) is 0. The van der Waals surface area contributed by atoms with Gasteiger partial charge in [0, 0.05) is 12.1 Å². The molecule has 0 heterocycles. The second-order valence-electron chi connectivity index (χ2n) is 5.09. The summed E-state index contributed by atoms with van der Waals surface area (Å²) in [7, 11) is 0. The Balaban J connectivity index is 2.17. The molecule has 2 unspecified atom stereocenters. The molecule has 0 aliphatic heterocycles. The second kappa shape index (κ2) is 6.89. The molecule has 1 aliphatic carbocycles. The van der Waals surface area contributed by atoms with Gasteiger partial charge < -0.3 is 10.6 Å². The third kappa shape index (κ3) is 4.52. The Morgan fingerprint density at radius 2 is 1.94 bits per heavy atom. The molecule has 1 fully saturated rings. The van der Waals surface area contributed by atoms with Gasteiger partial charge in [-0.2, -0.15) is 0 Å². The first-order valence-corrected chi connectivity index (χ1v) is 6.66. The SMILES string of the molecule is CCC(C)NCC(=O)NC(C)C1CCCC1. The fraction of sp³-hybridized carbons (Fsp3) is 0.923. The van der Waals surface area contributed by atoms with Crippen molar-refractivity contribution in [1.82, 2.24) is 10.6 Å². The van der Waals surface area contributed by atoms with Gasteiger partial charge in [-0.1, -0.05) is 19.8 Å². The van der Waals surface area contributed by atoms with Crippen LogP contribution in [0.25, 0.3) is 0 Å². The third-order valence-electron chi connectivity index (χ3n) is 3.72. The van der Waals surface area contributed by atoms with Crippen LogP contribution in [0.5, 0.6) is 0 Å². The maximum absolute atomic E-state index is 11.7. The quantitative estimate of drug-likeness (QED) is 0.728. The fourth-order valence-electron chi connectivity index (χ4n) is 2.29. The van der Waals surface area contributed by atoms with Gasteiger partial charge >= 0.3 is 0 Å². The lowest BCUT2D eigenvalue weighted by Crippen LogP contribution is -2.43. The number of amides is 1. The summed E-state index contributed by atoms with van der Waals surface area (Å²) in [4.78, 5) is 11.7. The molecule has 0 radical (unpaired) electrons. The standard InChI is InChI=1S/C13H26N2O/c1-4-10(2)14-9-13(16)15-11(3)12-7-5-6-8-12/h10-12,14H,4-9H2,1-3H3,(H,15,16). The van der Waals surface area contributed by atoms with Crippen LogP contribution in [0.4, 0.5) is 0 Å². The van der Waals surface area contributed by atoms with Gasteiger partial charge in [-0.15, -0.1) is 0 Å². The van der Waals surface area contributed by atoms with Gasteiger partial charge in [-0.05, 0) is 39.0 Å². The number of rotatable bonds is 6. The Bertz CT molecular complexity index is 212. The molecule has 0 saturated heterocycles. The molecule has 16 heavy (non-hydrogen) atoms. The molecular formula is C13H26N2O. The molecule has 0 aromatic carbocycles. The van der Waals surface area contributed by atoms with Crippen LogP contribution in [0.3, 0.4) is 0 Å².